The number of rotatable bonds is 9. The third-order valence-electron chi connectivity index (χ3n) is 5.74. The normalized spacial score (nSPS) is 11.2. The summed E-state index contributed by atoms with van der Waals surface area (Å²) in [6.07, 6.45) is 1.86. The van der Waals surface area contributed by atoms with E-state index in [1.165, 1.54) is 17.7 Å². The van der Waals surface area contributed by atoms with E-state index >= 15 is 0 Å². The first-order valence-corrected chi connectivity index (χ1v) is 11.4. The number of para-hydroxylation sites is 2. The van der Waals surface area contributed by atoms with Gasteiger partial charge >= 0.3 is 6.03 Å². The minimum atomic E-state index is -0.280. The molecule has 3 aromatic carbocycles. The van der Waals surface area contributed by atoms with Crippen LogP contribution in [0.4, 0.5) is 9.18 Å². The summed E-state index contributed by atoms with van der Waals surface area (Å²) in [6.45, 7) is 2.93. The maximum Gasteiger partial charge on any atom is 0.318 e. The molecule has 1 heterocycles. The van der Waals surface area contributed by atoms with Crippen LogP contribution in [0.5, 0.6) is 0 Å². The number of carbonyl (C=O) groups is 1. The first kappa shape index (κ1) is 23.4. The molecule has 0 atom stereocenters. The Labute approximate surface area is 199 Å². The van der Waals surface area contributed by atoms with E-state index in [0.29, 0.717) is 19.6 Å². The van der Waals surface area contributed by atoms with Gasteiger partial charge in [-0.25, -0.2) is 14.2 Å². The highest BCUT2D eigenvalue weighted by Crippen LogP contribution is 2.15. The quantitative estimate of drug-likeness (QED) is 0.401. The van der Waals surface area contributed by atoms with Crippen LogP contribution in [0.25, 0.3) is 11.0 Å². The molecular weight excluding hydrogens is 429 g/mol. The first-order chi connectivity index (χ1) is 16.5. The molecule has 0 radical (unpaired) electrons. The summed E-state index contributed by atoms with van der Waals surface area (Å²) in [5.74, 6) is -0.280. The molecule has 6 nitrogen and oxygen atoms in total. The van der Waals surface area contributed by atoms with Crippen LogP contribution in [0.2, 0.25) is 0 Å². The number of benzene rings is 3. The zero-order valence-corrected chi connectivity index (χ0v) is 19.6. The lowest BCUT2D eigenvalue weighted by Crippen LogP contribution is -2.42. The van der Waals surface area contributed by atoms with Crippen LogP contribution in [0.3, 0.4) is 0 Å². The van der Waals surface area contributed by atoms with Gasteiger partial charge in [0.05, 0.1) is 17.4 Å². The summed E-state index contributed by atoms with van der Waals surface area (Å²) in [5, 5.41) is 3.02. The number of carbonyl (C=O) groups excluding carboxylic acids is 1. The van der Waals surface area contributed by atoms with E-state index in [1.54, 1.807) is 17.0 Å². The lowest BCUT2D eigenvalue weighted by Gasteiger charge is -2.25. The van der Waals surface area contributed by atoms with Gasteiger partial charge in [-0.15, -0.1) is 0 Å². The van der Waals surface area contributed by atoms with Crippen molar-refractivity contribution in [3.8, 4) is 0 Å². The molecule has 0 bridgehead atoms. The monoisotopic (exact) mass is 459 g/mol. The number of halogens is 1. The van der Waals surface area contributed by atoms with Crippen LogP contribution < -0.4 is 5.32 Å². The molecule has 34 heavy (non-hydrogen) atoms. The Morgan fingerprint density at radius 2 is 1.59 bits per heavy atom. The highest BCUT2D eigenvalue weighted by atomic mass is 19.1. The number of amides is 2. The molecule has 1 aromatic heterocycles. The molecule has 0 saturated carbocycles. The molecule has 0 saturated heterocycles. The van der Waals surface area contributed by atoms with Gasteiger partial charge in [-0.2, -0.15) is 0 Å². The minimum absolute atomic E-state index is 0.139. The summed E-state index contributed by atoms with van der Waals surface area (Å²) >= 11 is 0. The zero-order valence-electron chi connectivity index (χ0n) is 19.6. The minimum Gasteiger partial charge on any atom is -0.334 e. The molecule has 0 fully saturated rings. The van der Waals surface area contributed by atoms with Gasteiger partial charge in [-0.3, -0.25) is 0 Å². The van der Waals surface area contributed by atoms with Crippen molar-refractivity contribution >= 4 is 17.1 Å². The van der Waals surface area contributed by atoms with Gasteiger partial charge in [0.25, 0.3) is 0 Å². The lowest BCUT2D eigenvalue weighted by molar-refractivity contribution is 0.188. The van der Waals surface area contributed by atoms with Crippen molar-refractivity contribution in [3.05, 3.63) is 102 Å². The molecule has 4 rings (SSSR count). The van der Waals surface area contributed by atoms with E-state index in [-0.39, 0.29) is 11.8 Å². The zero-order chi connectivity index (χ0) is 23.9. The average Bonchev–Trinajstić information content (AvgIpc) is 3.25. The Morgan fingerprint density at radius 3 is 2.32 bits per heavy atom. The standard InChI is InChI=1S/C27H30FN5O/c1-31(2)15-16-32(18-23-11-13-24(28)14-12-23)27(34)29-17-21-7-9-22(10-8-21)19-33-20-30-25-5-3-4-6-26(25)33/h3-14,20H,15-19H2,1-2H3,(H,29,34). The molecule has 0 unspecified atom stereocenters. The van der Waals surface area contributed by atoms with E-state index in [0.717, 1.165) is 35.2 Å². The topological polar surface area (TPSA) is 53.4 Å². The van der Waals surface area contributed by atoms with Crippen molar-refractivity contribution in [2.75, 3.05) is 27.2 Å². The average molecular weight is 460 g/mol. The fourth-order valence-corrected chi connectivity index (χ4v) is 3.77. The molecule has 0 spiro atoms. The van der Waals surface area contributed by atoms with E-state index in [1.807, 2.05) is 55.7 Å². The molecule has 0 aliphatic heterocycles. The van der Waals surface area contributed by atoms with Crippen molar-refractivity contribution in [1.29, 1.82) is 0 Å². The maximum atomic E-state index is 13.2. The number of aromatic nitrogens is 2. The Kier molecular flexibility index (Phi) is 7.54. The molecular formula is C27H30FN5O. The molecule has 7 heteroatoms. The van der Waals surface area contributed by atoms with E-state index in [2.05, 4.69) is 33.1 Å². The number of imidazole rings is 1. The largest absolute Gasteiger partial charge is 0.334 e. The van der Waals surface area contributed by atoms with Crippen LogP contribution in [-0.2, 0) is 19.6 Å². The van der Waals surface area contributed by atoms with Crippen LogP contribution in [0.1, 0.15) is 16.7 Å². The third kappa shape index (κ3) is 6.20. The number of hydrogen-bond donors (Lipinski definition) is 1. The molecule has 2 amide bonds. The number of urea groups is 1. The van der Waals surface area contributed by atoms with Gasteiger partial charge in [0, 0.05) is 32.7 Å². The number of hydrogen-bond acceptors (Lipinski definition) is 3. The predicted molar refractivity (Wildman–Crippen MR) is 133 cm³/mol. The summed E-state index contributed by atoms with van der Waals surface area (Å²) in [6, 6.07) is 22.5. The molecule has 0 aliphatic rings. The van der Waals surface area contributed by atoms with Gasteiger partial charge in [0.1, 0.15) is 5.82 Å². The Bertz CT molecular complexity index is 1220. The summed E-state index contributed by atoms with van der Waals surface area (Å²) < 4.78 is 15.4. The Morgan fingerprint density at radius 1 is 0.912 bits per heavy atom. The van der Waals surface area contributed by atoms with Crippen molar-refractivity contribution in [3.63, 3.8) is 0 Å². The second-order valence-electron chi connectivity index (χ2n) is 8.69. The third-order valence-corrected chi connectivity index (χ3v) is 5.74. The first-order valence-electron chi connectivity index (χ1n) is 11.4. The summed E-state index contributed by atoms with van der Waals surface area (Å²) in [4.78, 5) is 21.2. The van der Waals surface area contributed by atoms with Gasteiger partial charge < -0.3 is 19.7 Å². The predicted octanol–water partition coefficient (Wildman–Crippen LogP) is 4.50. The van der Waals surface area contributed by atoms with Crippen molar-refractivity contribution < 1.29 is 9.18 Å². The van der Waals surface area contributed by atoms with E-state index < -0.39 is 0 Å². The highest BCUT2D eigenvalue weighted by molar-refractivity contribution is 5.75. The highest BCUT2D eigenvalue weighted by Gasteiger charge is 2.14. The molecule has 0 aliphatic carbocycles. The van der Waals surface area contributed by atoms with Crippen molar-refractivity contribution in [1.82, 2.24) is 24.7 Å². The van der Waals surface area contributed by atoms with Gasteiger partial charge in [0.15, 0.2) is 0 Å². The number of likely N-dealkylation sites (N-methyl/N-ethyl adjacent to an activating group) is 1. The van der Waals surface area contributed by atoms with Gasteiger partial charge in [-0.1, -0.05) is 48.5 Å². The fraction of sp³-hybridized carbons (Fsp3) is 0.259. The van der Waals surface area contributed by atoms with Gasteiger partial charge in [-0.05, 0) is 55.1 Å². The summed E-state index contributed by atoms with van der Waals surface area (Å²) in [5.41, 5.74) is 5.19. The Balaban J connectivity index is 1.35. The van der Waals surface area contributed by atoms with Crippen molar-refractivity contribution in [2.45, 2.75) is 19.6 Å². The number of fused-ring (bicyclic) bond motifs is 1. The van der Waals surface area contributed by atoms with Crippen LogP contribution in [0, 0.1) is 5.82 Å². The fourth-order valence-electron chi connectivity index (χ4n) is 3.77. The second-order valence-corrected chi connectivity index (χ2v) is 8.69. The smallest absolute Gasteiger partial charge is 0.318 e. The van der Waals surface area contributed by atoms with E-state index in [4.69, 9.17) is 0 Å². The second kappa shape index (κ2) is 10.9. The SMILES string of the molecule is CN(C)CCN(Cc1ccc(F)cc1)C(=O)NCc1ccc(Cn2cnc3ccccc32)cc1. The Hall–Kier alpha value is -3.71. The number of nitrogens with zero attached hydrogens (tertiary/aromatic N) is 4. The van der Waals surface area contributed by atoms with Crippen LogP contribution in [-0.4, -0.2) is 52.6 Å². The molecule has 176 valence electrons. The van der Waals surface area contributed by atoms with Crippen LogP contribution in [0.15, 0.2) is 79.1 Å². The maximum absolute atomic E-state index is 13.2. The lowest BCUT2D eigenvalue weighted by atomic mass is 10.1. The van der Waals surface area contributed by atoms with Gasteiger partial charge in [0.2, 0.25) is 0 Å². The summed E-state index contributed by atoms with van der Waals surface area (Å²) in [7, 11) is 3.95. The molecule has 4 aromatic rings. The van der Waals surface area contributed by atoms with Crippen molar-refractivity contribution in [2.24, 2.45) is 0 Å². The number of nitrogens with one attached hydrogen (secondary N) is 1. The van der Waals surface area contributed by atoms with E-state index in [9.17, 15) is 9.18 Å². The molecule has 1 N–H and O–H groups in total. The van der Waals surface area contributed by atoms with Crippen LogP contribution >= 0.6 is 0 Å².